The Labute approximate surface area is 86.0 Å². The molecule has 0 atom stereocenters. The van der Waals surface area contributed by atoms with Crippen LogP contribution >= 0.6 is 0 Å². The van der Waals surface area contributed by atoms with E-state index in [4.69, 9.17) is 15.3 Å². The predicted molar refractivity (Wildman–Crippen MR) is 56.1 cm³/mol. The lowest BCUT2D eigenvalue weighted by Crippen LogP contribution is -2.54. The largest absolute Gasteiger partial charge is 0.396 e. The van der Waals surface area contributed by atoms with E-state index in [1.165, 1.54) is 0 Å². The molecule has 0 aromatic rings. The Morgan fingerprint density at radius 3 is 1.79 bits per heavy atom. The van der Waals surface area contributed by atoms with E-state index in [0.29, 0.717) is 13.0 Å². The highest BCUT2D eigenvalue weighted by molar-refractivity contribution is 4.87. The molecule has 0 saturated heterocycles. The van der Waals surface area contributed by atoms with Crippen LogP contribution in [0.5, 0.6) is 0 Å². The minimum Gasteiger partial charge on any atom is -0.396 e. The lowest BCUT2D eigenvalue weighted by Gasteiger charge is -2.34. The van der Waals surface area contributed by atoms with Gasteiger partial charge in [-0.05, 0) is 6.42 Å². The van der Waals surface area contributed by atoms with E-state index >= 15 is 0 Å². The Bertz CT molecular complexity index is 147. The van der Waals surface area contributed by atoms with Gasteiger partial charge in [-0.2, -0.15) is 0 Å². The Morgan fingerprint density at radius 2 is 1.50 bits per heavy atom. The van der Waals surface area contributed by atoms with Gasteiger partial charge in [0.25, 0.3) is 0 Å². The van der Waals surface area contributed by atoms with Gasteiger partial charge in [-0.3, -0.25) is 0 Å². The molecule has 0 aliphatic heterocycles. The highest BCUT2D eigenvalue weighted by Gasteiger charge is 2.28. The minimum atomic E-state index is -0.619. The minimum absolute atomic E-state index is 0.0800. The third-order valence-corrected chi connectivity index (χ3v) is 2.65. The molecule has 14 heavy (non-hydrogen) atoms. The van der Waals surface area contributed by atoms with Crippen LogP contribution in [-0.4, -0.2) is 47.2 Å². The lowest BCUT2D eigenvalue weighted by molar-refractivity contribution is 0.0679. The zero-order chi connectivity index (χ0) is 11.2. The zero-order valence-electron chi connectivity index (χ0n) is 9.38. The number of hydrogen-bond acceptors (Lipinski definition) is 4. The molecule has 0 amide bonds. The van der Waals surface area contributed by atoms with Crippen LogP contribution in [0.25, 0.3) is 0 Å². The summed E-state index contributed by atoms with van der Waals surface area (Å²) in [5.41, 5.74) is -0.850. The standard InChI is InChI=1S/C10H23NO3/c1-4-10(7-13,8-14)11-5-9(2,3)6-12/h11-14H,4-8H2,1-3H3. The summed E-state index contributed by atoms with van der Waals surface area (Å²) < 4.78 is 0. The summed E-state index contributed by atoms with van der Waals surface area (Å²) in [4.78, 5) is 0. The number of hydrogen-bond donors (Lipinski definition) is 4. The number of aliphatic hydroxyl groups excluding tert-OH is 3. The van der Waals surface area contributed by atoms with Gasteiger partial charge in [0.15, 0.2) is 0 Å². The smallest absolute Gasteiger partial charge is 0.0645 e. The Kier molecular flexibility index (Phi) is 5.59. The van der Waals surface area contributed by atoms with Crippen molar-refractivity contribution in [3.63, 3.8) is 0 Å². The fraction of sp³-hybridized carbons (Fsp3) is 1.00. The first-order valence-electron chi connectivity index (χ1n) is 5.03. The van der Waals surface area contributed by atoms with E-state index in [1.807, 2.05) is 20.8 Å². The molecule has 0 rings (SSSR count). The molecule has 0 saturated carbocycles. The van der Waals surface area contributed by atoms with Gasteiger partial charge in [0, 0.05) is 18.6 Å². The molecule has 0 aromatic heterocycles. The first kappa shape index (κ1) is 13.8. The molecule has 0 spiro atoms. The second-order valence-electron chi connectivity index (χ2n) is 4.63. The molecule has 0 bridgehead atoms. The molecule has 4 N–H and O–H groups in total. The summed E-state index contributed by atoms with van der Waals surface area (Å²) >= 11 is 0. The summed E-state index contributed by atoms with van der Waals surface area (Å²) in [6.07, 6.45) is 0.654. The quantitative estimate of drug-likeness (QED) is 0.461. The normalized spacial score (nSPS) is 13.3. The zero-order valence-corrected chi connectivity index (χ0v) is 9.38. The average molecular weight is 205 g/mol. The van der Waals surface area contributed by atoms with Crippen molar-refractivity contribution in [2.45, 2.75) is 32.7 Å². The maximum atomic E-state index is 9.16. The fourth-order valence-corrected chi connectivity index (χ4v) is 0.993. The predicted octanol–water partition coefficient (Wildman–Crippen LogP) is -0.272. The molecule has 0 aliphatic carbocycles. The van der Waals surface area contributed by atoms with Crippen molar-refractivity contribution < 1.29 is 15.3 Å². The molecule has 0 aliphatic rings. The fourth-order valence-electron chi connectivity index (χ4n) is 0.993. The van der Waals surface area contributed by atoms with Crippen molar-refractivity contribution in [2.75, 3.05) is 26.4 Å². The van der Waals surface area contributed by atoms with E-state index in [9.17, 15) is 0 Å². The van der Waals surface area contributed by atoms with Gasteiger partial charge >= 0.3 is 0 Å². The van der Waals surface area contributed by atoms with Gasteiger partial charge < -0.3 is 20.6 Å². The maximum absolute atomic E-state index is 9.16. The summed E-state index contributed by atoms with van der Waals surface area (Å²) in [6.45, 7) is 6.22. The van der Waals surface area contributed by atoms with Crippen molar-refractivity contribution in [1.82, 2.24) is 5.32 Å². The van der Waals surface area contributed by atoms with Crippen LogP contribution in [0.1, 0.15) is 27.2 Å². The topological polar surface area (TPSA) is 72.7 Å². The van der Waals surface area contributed by atoms with E-state index in [-0.39, 0.29) is 25.2 Å². The van der Waals surface area contributed by atoms with Gasteiger partial charge in [-0.15, -0.1) is 0 Å². The number of rotatable bonds is 7. The third-order valence-electron chi connectivity index (χ3n) is 2.65. The molecule has 0 aromatic carbocycles. The summed E-state index contributed by atoms with van der Waals surface area (Å²) in [7, 11) is 0. The third kappa shape index (κ3) is 3.92. The van der Waals surface area contributed by atoms with Crippen LogP contribution in [0.4, 0.5) is 0 Å². The van der Waals surface area contributed by atoms with Crippen LogP contribution in [0.3, 0.4) is 0 Å². The second-order valence-corrected chi connectivity index (χ2v) is 4.63. The molecule has 0 unspecified atom stereocenters. The first-order valence-corrected chi connectivity index (χ1v) is 5.03. The van der Waals surface area contributed by atoms with Crippen molar-refractivity contribution in [3.05, 3.63) is 0 Å². The maximum Gasteiger partial charge on any atom is 0.0645 e. The SMILES string of the molecule is CCC(CO)(CO)NCC(C)(C)CO. The molecule has 0 radical (unpaired) electrons. The molecule has 86 valence electrons. The highest BCUT2D eigenvalue weighted by Crippen LogP contribution is 2.15. The first-order chi connectivity index (χ1) is 6.45. The number of nitrogens with one attached hydrogen (secondary N) is 1. The monoisotopic (exact) mass is 205 g/mol. The molecular weight excluding hydrogens is 182 g/mol. The Hall–Kier alpha value is -0.160. The second kappa shape index (κ2) is 5.66. The van der Waals surface area contributed by atoms with Crippen molar-refractivity contribution in [1.29, 1.82) is 0 Å². The Balaban J connectivity index is 4.19. The van der Waals surface area contributed by atoms with Crippen molar-refractivity contribution in [3.8, 4) is 0 Å². The van der Waals surface area contributed by atoms with Crippen LogP contribution in [0, 0.1) is 5.41 Å². The van der Waals surface area contributed by atoms with Crippen LogP contribution in [0.2, 0.25) is 0 Å². The summed E-state index contributed by atoms with van der Waals surface area (Å²) in [6, 6.07) is 0. The van der Waals surface area contributed by atoms with Crippen LogP contribution in [-0.2, 0) is 0 Å². The van der Waals surface area contributed by atoms with E-state index in [0.717, 1.165) is 0 Å². The summed E-state index contributed by atoms with van der Waals surface area (Å²) in [5.74, 6) is 0. The van der Waals surface area contributed by atoms with Crippen LogP contribution in [0.15, 0.2) is 0 Å². The van der Waals surface area contributed by atoms with E-state index < -0.39 is 5.54 Å². The molecule has 0 heterocycles. The number of aliphatic hydroxyl groups is 3. The van der Waals surface area contributed by atoms with Crippen LogP contribution < -0.4 is 5.32 Å². The molecular formula is C10H23NO3. The Morgan fingerprint density at radius 1 is 1.00 bits per heavy atom. The molecule has 4 nitrogen and oxygen atoms in total. The molecule has 4 heteroatoms. The highest BCUT2D eigenvalue weighted by atomic mass is 16.3. The lowest BCUT2D eigenvalue weighted by atomic mass is 9.91. The van der Waals surface area contributed by atoms with Gasteiger partial charge in [-0.1, -0.05) is 20.8 Å². The van der Waals surface area contributed by atoms with Gasteiger partial charge in [0.05, 0.1) is 18.8 Å². The van der Waals surface area contributed by atoms with Gasteiger partial charge in [0.2, 0.25) is 0 Å². The van der Waals surface area contributed by atoms with Gasteiger partial charge in [-0.25, -0.2) is 0 Å². The van der Waals surface area contributed by atoms with E-state index in [1.54, 1.807) is 0 Å². The van der Waals surface area contributed by atoms with E-state index in [2.05, 4.69) is 5.32 Å². The molecule has 0 fully saturated rings. The van der Waals surface area contributed by atoms with Crippen molar-refractivity contribution >= 4 is 0 Å². The van der Waals surface area contributed by atoms with Crippen molar-refractivity contribution in [2.24, 2.45) is 5.41 Å². The van der Waals surface area contributed by atoms with Gasteiger partial charge in [0.1, 0.15) is 0 Å². The summed E-state index contributed by atoms with van der Waals surface area (Å²) in [5, 5.41) is 30.5. The average Bonchev–Trinajstić information content (AvgIpc) is 2.21.